The number of carbonyl (C=O) groups is 1. The van der Waals surface area contributed by atoms with Gasteiger partial charge in [-0.15, -0.1) is 0 Å². The second kappa shape index (κ2) is 8.50. The minimum Gasteiger partial charge on any atom is -0.354 e. The number of carbonyl (C=O) groups excluding carboxylic acids is 1. The highest BCUT2D eigenvalue weighted by molar-refractivity contribution is 6.01. The number of pyridine rings is 1. The number of amides is 2. The first-order valence-corrected chi connectivity index (χ1v) is 7.12. The fourth-order valence-corrected chi connectivity index (χ4v) is 1.78. The van der Waals surface area contributed by atoms with Gasteiger partial charge in [0.2, 0.25) is 5.96 Å². The minimum atomic E-state index is -0.517. The van der Waals surface area contributed by atoms with E-state index in [0.29, 0.717) is 12.3 Å². The van der Waals surface area contributed by atoms with Crippen LogP contribution in [0, 0.1) is 5.41 Å². The molecule has 0 bridgehead atoms. The molecule has 1 aromatic heterocycles. The molecule has 2 amide bonds. The van der Waals surface area contributed by atoms with Gasteiger partial charge in [-0.3, -0.25) is 15.7 Å². The van der Waals surface area contributed by atoms with E-state index in [0.717, 1.165) is 5.56 Å². The van der Waals surface area contributed by atoms with Crippen molar-refractivity contribution in [3.63, 3.8) is 0 Å². The molecule has 1 atom stereocenters. The number of hydrogen-bond donors (Lipinski definition) is 4. The summed E-state index contributed by atoms with van der Waals surface area (Å²) in [6, 6.07) is 12.5. The lowest BCUT2D eigenvalue weighted by atomic mass is 10.2. The van der Waals surface area contributed by atoms with Gasteiger partial charge < -0.3 is 15.4 Å². The monoisotopic (exact) mass is 313 g/mol. The van der Waals surface area contributed by atoms with Crippen LogP contribution in [-0.2, 0) is 11.3 Å². The van der Waals surface area contributed by atoms with Gasteiger partial charge in [-0.2, -0.15) is 0 Å². The lowest BCUT2D eigenvalue weighted by Gasteiger charge is -2.16. The number of anilines is 1. The maximum atomic E-state index is 11.8. The van der Waals surface area contributed by atoms with E-state index in [-0.39, 0.29) is 5.96 Å². The average Bonchev–Trinajstić information content (AvgIpc) is 2.54. The van der Waals surface area contributed by atoms with Gasteiger partial charge in [0.1, 0.15) is 6.23 Å². The maximum Gasteiger partial charge on any atom is 0.323 e. The van der Waals surface area contributed by atoms with Crippen LogP contribution >= 0.6 is 0 Å². The van der Waals surface area contributed by atoms with Crippen molar-refractivity contribution in [1.82, 2.24) is 15.6 Å². The molecule has 0 radical (unpaired) electrons. The smallest absolute Gasteiger partial charge is 0.323 e. The van der Waals surface area contributed by atoms with Gasteiger partial charge >= 0.3 is 6.03 Å². The van der Waals surface area contributed by atoms with E-state index in [2.05, 4.69) is 20.9 Å². The number of aromatic nitrogens is 1. The molecule has 4 N–H and O–H groups in total. The number of ether oxygens (including phenoxy) is 1. The fourth-order valence-electron chi connectivity index (χ4n) is 1.78. The molecule has 2 rings (SSSR count). The second-order valence-electron chi connectivity index (χ2n) is 4.77. The quantitative estimate of drug-likeness (QED) is 0.386. The number of benzene rings is 1. The number of nitrogens with zero attached hydrogens (tertiary/aromatic N) is 1. The Labute approximate surface area is 134 Å². The summed E-state index contributed by atoms with van der Waals surface area (Å²) in [5, 5.41) is 15.4. The first-order valence-electron chi connectivity index (χ1n) is 7.12. The summed E-state index contributed by atoms with van der Waals surface area (Å²) in [4.78, 5) is 15.6. The van der Waals surface area contributed by atoms with Gasteiger partial charge in [-0.25, -0.2) is 4.79 Å². The Bertz CT molecular complexity index is 633. The molecule has 0 aliphatic carbocycles. The Balaban J connectivity index is 1.70. The molecule has 23 heavy (non-hydrogen) atoms. The van der Waals surface area contributed by atoms with Crippen LogP contribution in [0.1, 0.15) is 12.5 Å². The van der Waals surface area contributed by atoms with Crippen molar-refractivity contribution in [2.75, 3.05) is 5.32 Å². The summed E-state index contributed by atoms with van der Waals surface area (Å²) in [7, 11) is 0. The second-order valence-corrected chi connectivity index (χ2v) is 4.77. The highest BCUT2D eigenvalue weighted by atomic mass is 16.5. The molecule has 0 saturated carbocycles. The molecule has 2 aromatic rings. The van der Waals surface area contributed by atoms with Crippen molar-refractivity contribution in [3.05, 3.63) is 60.4 Å². The molecular weight excluding hydrogens is 294 g/mol. The van der Waals surface area contributed by atoms with Gasteiger partial charge in [-0.1, -0.05) is 30.3 Å². The van der Waals surface area contributed by atoms with Crippen molar-refractivity contribution in [2.24, 2.45) is 0 Å². The standard InChI is InChI=1S/C16H19N5O2/c1-12(23-11-13-5-3-2-4-6-13)19-16(22)21-15(17)20-14-7-9-18-10-8-14/h2-10,12H,11H2,1H3,(H4,17,18,19,20,21,22). The van der Waals surface area contributed by atoms with Crippen molar-refractivity contribution >= 4 is 17.7 Å². The third-order valence-corrected chi connectivity index (χ3v) is 2.87. The van der Waals surface area contributed by atoms with Crippen molar-refractivity contribution in [2.45, 2.75) is 19.8 Å². The predicted molar refractivity (Wildman–Crippen MR) is 87.9 cm³/mol. The van der Waals surface area contributed by atoms with E-state index >= 15 is 0 Å². The SMILES string of the molecule is CC(NC(=O)NC(=N)Nc1ccncc1)OCc1ccccc1. The molecular formula is C16H19N5O2. The number of hydrogen-bond acceptors (Lipinski definition) is 4. The van der Waals surface area contributed by atoms with Crippen molar-refractivity contribution < 1.29 is 9.53 Å². The topological polar surface area (TPSA) is 99.1 Å². The Morgan fingerprint density at radius 1 is 1.22 bits per heavy atom. The largest absolute Gasteiger partial charge is 0.354 e. The normalized spacial score (nSPS) is 11.3. The van der Waals surface area contributed by atoms with Crippen LogP contribution in [-0.4, -0.2) is 23.2 Å². The van der Waals surface area contributed by atoms with Crippen molar-refractivity contribution in [3.8, 4) is 0 Å². The van der Waals surface area contributed by atoms with E-state index in [4.69, 9.17) is 10.1 Å². The highest BCUT2D eigenvalue weighted by Crippen LogP contribution is 2.03. The first-order chi connectivity index (χ1) is 11.1. The summed E-state index contributed by atoms with van der Waals surface area (Å²) in [5.74, 6) is -0.135. The predicted octanol–water partition coefficient (Wildman–Crippen LogP) is 2.29. The fraction of sp³-hybridized carbons (Fsp3) is 0.188. The van der Waals surface area contributed by atoms with Crippen LogP contribution < -0.4 is 16.0 Å². The van der Waals surface area contributed by atoms with E-state index in [1.165, 1.54) is 0 Å². The van der Waals surface area contributed by atoms with Crippen LogP contribution in [0.4, 0.5) is 10.5 Å². The molecule has 120 valence electrons. The third-order valence-electron chi connectivity index (χ3n) is 2.87. The average molecular weight is 313 g/mol. The summed E-state index contributed by atoms with van der Waals surface area (Å²) in [6.07, 6.45) is 2.70. The Hall–Kier alpha value is -2.93. The van der Waals surface area contributed by atoms with E-state index in [1.54, 1.807) is 31.5 Å². The zero-order valence-electron chi connectivity index (χ0n) is 12.7. The van der Waals surface area contributed by atoms with Crippen LogP contribution in [0.5, 0.6) is 0 Å². The lowest BCUT2D eigenvalue weighted by Crippen LogP contribution is -2.46. The van der Waals surface area contributed by atoms with Crippen LogP contribution in [0.2, 0.25) is 0 Å². The van der Waals surface area contributed by atoms with Crippen LogP contribution in [0.15, 0.2) is 54.9 Å². The maximum absolute atomic E-state index is 11.8. The van der Waals surface area contributed by atoms with Crippen LogP contribution in [0.3, 0.4) is 0 Å². The summed E-state index contributed by atoms with van der Waals surface area (Å²) >= 11 is 0. The molecule has 0 aliphatic rings. The lowest BCUT2D eigenvalue weighted by molar-refractivity contribution is 0.0381. The zero-order chi connectivity index (χ0) is 16.5. The van der Waals surface area contributed by atoms with Gasteiger partial charge in [0.15, 0.2) is 0 Å². The van der Waals surface area contributed by atoms with Crippen LogP contribution in [0.25, 0.3) is 0 Å². The molecule has 1 unspecified atom stereocenters. The summed E-state index contributed by atoms with van der Waals surface area (Å²) in [6.45, 7) is 2.12. The minimum absolute atomic E-state index is 0.135. The number of guanidine groups is 1. The molecule has 7 heteroatoms. The molecule has 1 heterocycles. The molecule has 0 saturated heterocycles. The molecule has 0 aliphatic heterocycles. The number of rotatable bonds is 5. The van der Waals surface area contributed by atoms with E-state index in [1.807, 2.05) is 30.3 Å². The van der Waals surface area contributed by atoms with Gasteiger partial charge in [-0.05, 0) is 24.6 Å². The Morgan fingerprint density at radius 2 is 1.91 bits per heavy atom. The van der Waals surface area contributed by atoms with Gasteiger partial charge in [0, 0.05) is 18.1 Å². The summed E-state index contributed by atoms with van der Waals surface area (Å²) < 4.78 is 5.53. The van der Waals surface area contributed by atoms with E-state index in [9.17, 15) is 4.79 Å². The molecule has 7 nitrogen and oxygen atoms in total. The molecule has 1 aromatic carbocycles. The molecule has 0 spiro atoms. The highest BCUT2D eigenvalue weighted by Gasteiger charge is 2.09. The van der Waals surface area contributed by atoms with Gasteiger partial charge in [0.25, 0.3) is 0 Å². The zero-order valence-corrected chi connectivity index (χ0v) is 12.7. The molecule has 0 fully saturated rings. The number of urea groups is 1. The van der Waals surface area contributed by atoms with Gasteiger partial charge in [0.05, 0.1) is 6.61 Å². The van der Waals surface area contributed by atoms with Crippen molar-refractivity contribution in [1.29, 1.82) is 5.41 Å². The number of nitrogens with one attached hydrogen (secondary N) is 4. The summed E-state index contributed by atoms with van der Waals surface area (Å²) in [5.41, 5.74) is 1.69. The Kier molecular flexibility index (Phi) is 6.07. The third kappa shape index (κ3) is 6.15. The Morgan fingerprint density at radius 3 is 2.61 bits per heavy atom. The van der Waals surface area contributed by atoms with E-state index < -0.39 is 12.3 Å². The first kappa shape index (κ1) is 16.4.